The van der Waals surface area contributed by atoms with Gasteiger partial charge in [-0.15, -0.1) is 0 Å². The van der Waals surface area contributed by atoms with Crippen molar-refractivity contribution >= 4 is 11.6 Å². The smallest absolute Gasteiger partial charge is 0.256 e. The number of amides is 1. The molecule has 0 heterocycles. The van der Waals surface area contributed by atoms with Gasteiger partial charge in [0.05, 0.1) is 0 Å². The fourth-order valence-corrected chi connectivity index (χ4v) is 1.23. The lowest BCUT2D eigenvalue weighted by atomic mass is 10.0. The van der Waals surface area contributed by atoms with E-state index in [0.29, 0.717) is 12.1 Å². The first-order chi connectivity index (χ1) is 7.51. The predicted octanol–water partition coefficient (Wildman–Crippen LogP) is 2.58. The summed E-state index contributed by atoms with van der Waals surface area (Å²) in [5, 5.41) is 2.62. The number of nitrogens with one attached hydrogen (secondary N) is 1. The number of methoxy groups -OCH3 is 1. The average molecular weight is 225 g/mol. The first-order valence-corrected chi connectivity index (χ1v) is 5.14. The van der Waals surface area contributed by atoms with Crippen LogP contribution in [0, 0.1) is 5.82 Å². The minimum absolute atomic E-state index is 0.275. The number of carbonyl (C=O) groups excluding carboxylic acids is 1. The highest BCUT2D eigenvalue weighted by Crippen LogP contribution is 2.18. The normalized spacial score (nSPS) is 14.2. The van der Waals surface area contributed by atoms with Crippen molar-refractivity contribution < 1.29 is 13.9 Å². The largest absolute Gasteiger partial charge is 0.369 e. The zero-order chi connectivity index (χ0) is 12.2. The number of anilines is 1. The third-order valence-corrected chi connectivity index (χ3v) is 2.69. The molecule has 0 saturated carbocycles. The quantitative estimate of drug-likeness (QED) is 0.855. The maximum Gasteiger partial charge on any atom is 0.256 e. The Kier molecular flexibility index (Phi) is 4.01. The molecule has 1 atom stereocenters. The van der Waals surface area contributed by atoms with Gasteiger partial charge in [-0.2, -0.15) is 0 Å². The summed E-state index contributed by atoms with van der Waals surface area (Å²) >= 11 is 0. The van der Waals surface area contributed by atoms with E-state index in [1.807, 2.05) is 6.92 Å². The SMILES string of the molecule is CCC(C)(OC)C(=O)Nc1cccc(F)c1. The summed E-state index contributed by atoms with van der Waals surface area (Å²) in [6.07, 6.45) is 0.546. The predicted molar refractivity (Wildman–Crippen MR) is 60.7 cm³/mol. The van der Waals surface area contributed by atoms with Gasteiger partial charge in [-0.25, -0.2) is 4.39 Å². The number of hydrogen-bond donors (Lipinski definition) is 1. The Balaban J connectivity index is 2.78. The van der Waals surface area contributed by atoms with Crippen LogP contribution < -0.4 is 5.32 Å². The minimum Gasteiger partial charge on any atom is -0.369 e. The van der Waals surface area contributed by atoms with Gasteiger partial charge in [0.1, 0.15) is 11.4 Å². The van der Waals surface area contributed by atoms with Crippen LogP contribution in [0.3, 0.4) is 0 Å². The number of rotatable bonds is 4. The highest BCUT2D eigenvalue weighted by molar-refractivity contribution is 5.96. The Hall–Kier alpha value is -1.42. The molecular weight excluding hydrogens is 209 g/mol. The third-order valence-electron chi connectivity index (χ3n) is 2.69. The molecule has 4 heteroatoms. The van der Waals surface area contributed by atoms with Gasteiger partial charge in [0.25, 0.3) is 5.91 Å². The van der Waals surface area contributed by atoms with Crippen LogP contribution in [0.25, 0.3) is 0 Å². The molecule has 1 N–H and O–H groups in total. The van der Waals surface area contributed by atoms with Crippen LogP contribution in [0.15, 0.2) is 24.3 Å². The van der Waals surface area contributed by atoms with Gasteiger partial charge in [-0.3, -0.25) is 4.79 Å². The van der Waals surface area contributed by atoms with Crippen LogP contribution >= 0.6 is 0 Å². The van der Waals surface area contributed by atoms with E-state index in [1.165, 1.54) is 19.2 Å². The van der Waals surface area contributed by atoms with Crippen LogP contribution in [0.2, 0.25) is 0 Å². The Morgan fingerprint density at radius 1 is 1.56 bits per heavy atom. The van der Waals surface area contributed by atoms with Crippen molar-refractivity contribution in [1.82, 2.24) is 0 Å². The molecule has 0 aliphatic heterocycles. The van der Waals surface area contributed by atoms with E-state index in [-0.39, 0.29) is 11.7 Å². The summed E-state index contributed by atoms with van der Waals surface area (Å²) < 4.78 is 18.0. The lowest BCUT2D eigenvalue weighted by Crippen LogP contribution is -2.41. The zero-order valence-corrected chi connectivity index (χ0v) is 9.71. The summed E-state index contributed by atoms with van der Waals surface area (Å²) in [4.78, 5) is 11.8. The second-order valence-electron chi connectivity index (χ2n) is 3.75. The molecule has 88 valence electrons. The van der Waals surface area contributed by atoms with Crippen LogP contribution in [-0.2, 0) is 9.53 Å². The van der Waals surface area contributed by atoms with E-state index in [0.717, 1.165) is 0 Å². The molecule has 0 radical (unpaired) electrons. The van der Waals surface area contributed by atoms with Crippen LogP contribution in [-0.4, -0.2) is 18.6 Å². The van der Waals surface area contributed by atoms with Crippen molar-refractivity contribution in [3.63, 3.8) is 0 Å². The van der Waals surface area contributed by atoms with E-state index in [2.05, 4.69) is 5.32 Å². The standard InChI is InChI=1S/C12H16FNO2/c1-4-12(2,16-3)11(15)14-10-7-5-6-9(13)8-10/h5-8H,4H2,1-3H3,(H,14,15). The highest BCUT2D eigenvalue weighted by Gasteiger charge is 2.30. The Bertz CT molecular complexity index is 375. The molecule has 1 unspecified atom stereocenters. The van der Waals surface area contributed by atoms with Crippen molar-refractivity contribution in [1.29, 1.82) is 0 Å². The molecule has 0 aromatic heterocycles. The summed E-state index contributed by atoms with van der Waals surface area (Å²) in [5.41, 5.74) is -0.450. The minimum atomic E-state index is -0.883. The summed E-state index contributed by atoms with van der Waals surface area (Å²) in [6, 6.07) is 5.77. The van der Waals surface area contributed by atoms with Gasteiger partial charge >= 0.3 is 0 Å². The number of hydrogen-bond acceptors (Lipinski definition) is 2. The molecular formula is C12H16FNO2. The fraction of sp³-hybridized carbons (Fsp3) is 0.417. The third kappa shape index (κ3) is 2.79. The maximum absolute atomic E-state index is 12.9. The van der Waals surface area contributed by atoms with E-state index in [4.69, 9.17) is 4.74 Å². The maximum atomic E-state index is 12.9. The number of ether oxygens (including phenoxy) is 1. The molecule has 0 spiro atoms. The van der Waals surface area contributed by atoms with Crippen molar-refractivity contribution in [3.05, 3.63) is 30.1 Å². The molecule has 0 aliphatic carbocycles. The van der Waals surface area contributed by atoms with Crippen molar-refractivity contribution in [2.45, 2.75) is 25.9 Å². The van der Waals surface area contributed by atoms with Gasteiger partial charge in [0, 0.05) is 12.8 Å². The van der Waals surface area contributed by atoms with E-state index < -0.39 is 5.60 Å². The van der Waals surface area contributed by atoms with Crippen LogP contribution in [0.4, 0.5) is 10.1 Å². The van der Waals surface area contributed by atoms with Gasteiger partial charge in [0.2, 0.25) is 0 Å². The van der Waals surface area contributed by atoms with Gasteiger partial charge in [-0.05, 0) is 31.5 Å². The lowest BCUT2D eigenvalue weighted by molar-refractivity contribution is -0.136. The zero-order valence-electron chi connectivity index (χ0n) is 9.71. The van der Waals surface area contributed by atoms with Crippen molar-refractivity contribution in [2.24, 2.45) is 0 Å². The molecule has 0 bridgehead atoms. The average Bonchev–Trinajstić information content (AvgIpc) is 2.28. The number of benzene rings is 1. The second kappa shape index (κ2) is 5.07. The first-order valence-electron chi connectivity index (χ1n) is 5.14. The Morgan fingerprint density at radius 2 is 2.25 bits per heavy atom. The fourth-order valence-electron chi connectivity index (χ4n) is 1.23. The van der Waals surface area contributed by atoms with Gasteiger partial charge in [-0.1, -0.05) is 13.0 Å². The molecule has 16 heavy (non-hydrogen) atoms. The molecule has 1 amide bonds. The number of carbonyl (C=O) groups is 1. The molecule has 1 rings (SSSR count). The van der Waals surface area contributed by atoms with E-state index in [1.54, 1.807) is 19.1 Å². The lowest BCUT2D eigenvalue weighted by Gasteiger charge is -2.25. The Morgan fingerprint density at radius 3 is 2.75 bits per heavy atom. The molecule has 3 nitrogen and oxygen atoms in total. The van der Waals surface area contributed by atoms with Gasteiger partial charge in [0.15, 0.2) is 0 Å². The molecule has 0 saturated heterocycles. The Labute approximate surface area is 94.6 Å². The number of halogens is 1. The van der Waals surface area contributed by atoms with E-state index in [9.17, 15) is 9.18 Å². The summed E-state index contributed by atoms with van der Waals surface area (Å²) in [7, 11) is 1.48. The second-order valence-corrected chi connectivity index (χ2v) is 3.75. The first kappa shape index (κ1) is 12.6. The summed E-state index contributed by atoms with van der Waals surface area (Å²) in [5.74, 6) is -0.656. The van der Waals surface area contributed by atoms with Crippen LogP contribution in [0.5, 0.6) is 0 Å². The monoisotopic (exact) mass is 225 g/mol. The molecule has 1 aromatic carbocycles. The summed E-state index contributed by atoms with van der Waals surface area (Å²) in [6.45, 7) is 3.55. The van der Waals surface area contributed by atoms with E-state index >= 15 is 0 Å². The molecule has 1 aromatic rings. The molecule has 0 aliphatic rings. The topological polar surface area (TPSA) is 38.3 Å². The van der Waals surface area contributed by atoms with Crippen molar-refractivity contribution in [3.8, 4) is 0 Å². The van der Waals surface area contributed by atoms with Crippen molar-refractivity contribution in [2.75, 3.05) is 12.4 Å². The molecule has 0 fully saturated rings. The van der Waals surface area contributed by atoms with Gasteiger partial charge < -0.3 is 10.1 Å². The van der Waals surface area contributed by atoms with Crippen LogP contribution in [0.1, 0.15) is 20.3 Å². The highest BCUT2D eigenvalue weighted by atomic mass is 19.1.